The number of rotatable bonds is 2. The van der Waals surface area contributed by atoms with Gasteiger partial charge in [-0.1, -0.05) is 53.3 Å². The van der Waals surface area contributed by atoms with Gasteiger partial charge < -0.3 is 0 Å². The summed E-state index contributed by atoms with van der Waals surface area (Å²) in [6.45, 7) is 4.40. The molecule has 0 radical (unpaired) electrons. The van der Waals surface area contributed by atoms with Crippen LogP contribution in [0.3, 0.4) is 0 Å². The first kappa shape index (κ1) is 21.4. The first-order valence-electron chi connectivity index (χ1n) is 10.7. The van der Waals surface area contributed by atoms with Crippen molar-refractivity contribution in [3.05, 3.63) is 112 Å². The van der Waals surface area contributed by atoms with Crippen LogP contribution in [0, 0.1) is 31.5 Å². The fraction of sp³-hybridized carbons (Fsp3) is 0.143. The Morgan fingerprint density at radius 1 is 0.818 bits per heavy atom. The van der Waals surface area contributed by atoms with Gasteiger partial charge in [-0.3, -0.25) is 0 Å². The number of aryl methyl sites for hydroxylation is 2. The molecule has 164 valence electrons. The van der Waals surface area contributed by atoms with E-state index >= 15 is 0 Å². The third-order valence-electron chi connectivity index (χ3n) is 6.03. The van der Waals surface area contributed by atoms with E-state index in [0.29, 0.717) is 10.9 Å². The number of nitrogens with zero attached hydrogens (tertiary/aromatic N) is 1. The predicted octanol–water partition coefficient (Wildman–Crippen LogP) is 5.70. The SMILES string of the molecule is Cc1ccc(C#Cc2c3c(cc4ccc(F)cc24)CN(S(=O)(=O)c2ccc(C)cc2)C3)cc1. The molecule has 0 spiro atoms. The molecule has 5 heteroatoms. The summed E-state index contributed by atoms with van der Waals surface area (Å²) in [5.74, 6) is 6.07. The van der Waals surface area contributed by atoms with Gasteiger partial charge in [-0.2, -0.15) is 4.31 Å². The Kier molecular flexibility index (Phi) is 5.28. The standard InChI is InChI=1S/C28H22FNO2S/c1-19-3-7-21(8-4-19)9-14-26-27-16-24(29)11-10-22(27)15-23-17-30(18-28(23)26)33(31,32)25-12-5-20(2)6-13-25/h3-8,10-13,15-16H,17-18H2,1-2H3. The van der Waals surface area contributed by atoms with Gasteiger partial charge in [-0.15, -0.1) is 0 Å². The molecule has 1 aliphatic rings. The Bertz CT molecular complexity index is 1540. The third-order valence-corrected chi connectivity index (χ3v) is 7.83. The zero-order chi connectivity index (χ0) is 23.2. The summed E-state index contributed by atoms with van der Waals surface area (Å²) < 4.78 is 42.2. The van der Waals surface area contributed by atoms with Gasteiger partial charge >= 0.3 is 0 Å². The lowest BCUT2D eigenvalue weighted by Crippen LogP contribution is -2.25. The van der Waals surface area contributed by atoms with E-state index in [2.05, 4.69) is 11.8 Å². The molecule has 0 amide bonds. The van der Waals surface area contributed by atoms with Gasteiger partial charge in [0.05, 0.1) is 4.90 Å². The van der Waals surface area contributed by atoms with Crippen LogP contribution in [0.1, 0.15) is 33.4 Å². The van der Waals surface area contributed by atoms with Crippen LogP contribution < -0.4 is 0 Å². The molecule has 0 atom stereocenters. The maximum absolute atomic E-state index is 14.1. The first-order valence-corrected chi connectivity index (χ1v) is 12.1. The number of hydrogen-bond acceptors (Lipinski definition) is 2. The van der Waals surface area contributed by atoms with Gasteiger partial charge in [0.1, 0.15) is 5.82 Å². The number of benzene rings is 4. The topological polar surface area (TPSA) is 37.4 Å². The van der Waals surface area contributed by atoms with Crippen LogP contribution in [0.2, 0.25) is 0 Å². The quantitative estimate of drug-likeness (QED) is 0.364. The fourth-order valence-electron chi connectivity index (χ4n) is 4.16. The summed E-state index contributed by atoms with van der Waals surface area (Å²) >= 11 is 0. The van der Waals surface area contributed by atoms with E-state index < -0.39 is 10.0 Å². The van der Waals surface area contributed by atoms with E-state index in [0.717, 1.165) is 33.2 Å². The lowest BCUT2D eigenvalue weighted by molar-refractivity contribution is 0.431. The Labute approximate surface area is 193 Å². The molecule has 1 aliphatic heterocycles. The lowest BCUT2D eigenvalue weighted by Gasteiger charge is -2.15. The number of hydrogen-bond donors (Lipinski definition) is 0. The van der Waals surface area contributed by atoms with Crippen molar-refractivity contribution in [2.75, 3.05) is 0 Å². The van der Waals surface area contributed by atoms with Gasteiger partial charge in [0.15, 0.2) is 0 Å². The van der Waals surface area contributed by atoms with Crippen LogP contribution in [0.4, 0.5) is 4.39 Å². The second kappa shape index (κ2) is 8.15. The zero-order valence-corrected chi connectivity index (χ0v) is 19.2. The Balaban J connectivity index is 1.62. The van der Waals surface area contributed by atoms with Gasteiger partial charge in [-0.05, 0) is 72.8 Å². The summed E-state index contributed by atoms with van der Waals surface area (Å²) in [5, 5.41) is 1.54. The monoisotopic (exact) mass is 455 g/mol. The summed E-state index contributed by atoms with van der Waals surface area (Å²) in [7, 11) is -3.67. The molecule has 5 rings (SSSR count). The zero-order valence-electron chi connectivity index (χ0n) is 18.4. The van der Waals surface area contributed by atoms with E-state index in [-0.39, 0.29) is 23.8 Å². The Morgan fingerprint density at radius 3 is 2.18 bits per heavy atom. The molecular weight excluding hydrogens is 433 g/mol. The summed E-state index contributed by atoms with van der Waals surface area (Å²) in [6.07, 6.45) is 0. The van der Waals surface area contributed by atoms with Crippen molar-refractivity contribution in [1.82, 2.24) is 4.31 Å². The third kappa shape index (κ3) is 4.04. The van der Waals surface area contributed by atoms with E-state index in [1.165, 1.54) is 16.4 Å². The second-order valence-electron chi connectivity index (χ2n) is 8.46. The van der Waals surface area contributed by atoms with Crippen LogP contribution in [-0.4, -0.2) is 12.7 Å². The molecule has 0 fully saturated rings. The molecule has 0 bridgehead atoms. The smallest absolute Gasteiger partial charge is 0.207 e. The maximum Gasteiger partial charge on any atom is 0.243 e. The van der Waals surface area contributed by atoms with Gasteiger partial charge in [0.2, 0.25) is 10.0 Å². The number of halogens is 1. The number of sulfonamides is 1. The minimum atomic E-state index is -3.67. The van der Waals surface area contributed by atoms with Gasteiger partial charge in [-0.25, -0.2) is 12.8 Å². The largest absolute Gasteiger partial charge is 0.243 e. The average molecular weight is 456 g/mol. The fourth-order valence-corrected chi connectivity index (χ4v) is 5.54. The molecule has 0 saturated carbocycles. The first-order chi connectivity index (χ1) is 15.8. The van der Waals surface area contributed by atoms with Crippen molar-refractivity contribution >= 4 is 20.8 Å². The molecule has 0 unspecified atom stereocenters. The molecule has 4 aromatic carbocycles. The molecule has 0 saturated heterocycles. The van der Waals surface area contributed by atoms with Crippen molar-refractivity contribution < 1.29 is 12.8 Å². The average Bonchev–Trinajstić information content (AvgIpc) is 3.23. The van der Waals surface area contributed by atoms with Gasteiger partial charge in [0, 0.05) is 29.6 Å². The highest BCUT2D eigenvalue weighted by Gasteiger charge is 2.32. The van der Waals surface area contributed by atoms with Crippen molar-refractivity contribution in [2.24, 2.45) is 0 Å². The van der Waals surface area contributed by atoms with Crippen molar-refractivity contribution in [2.45, 2.75) is 31.8 Å². The maximum atomic E-state index is 14.1. The second-order valence-corrected chi connectivity index (χ2v) is 10.4. The van der Waals surface area contributed by atoms with Crippen LogP contribution in [-0.2, 0) is 23.1 Å². The van der Waals surface area contributed by atoms with Crippen molar-refractivity contribution in [3.8, 4) is 11.8 Å². The minimum absolute atomic E-state index is 0.204. The van der Waals surface area contributed by atoms with E-state index in [9.17, 15) is 12.8 Å². The predicted molar refractivity (Wildman–Crippen MR) is 129 cm³/mol. The Morgan fingerprint density at radius 2 is 1.48 bits per heavy atom. The van der Waals surface area contributed by atoms with E-state index in [1.807, 2.05) is 44.2 Å². The molecule has 33 heavy (non-hydrogen) atoms. The van der Waals surface area contributed by atoms with Crippen LogP contribution in [0.15, 0.2) is 77.7 Å². The molecule has 4 aromatic rings. The molecule has 3 nitrogen and oxygen atoms in total. The van der Waals surface area contributed by atoms with Crippen LogP contribution >= 0.6 is 0 Å². The normalized spacial score (nSPS) is 13.5. The van der Waals surface area contributed by atoms with Crippen molar-refractivity contribution in [1.29, 1.82) is 0 Å². The van der Waals surface area contributed by atoms with E-state index in [1.54, 1.807) is 30.3 Å². The highest BCUT2D eigenvalue weighted by Crippen LogP contribution is 2.35. The molecule has 1 heterocycles. The molecule has 0 N–H and O–H groups in total. The molecular formula is C28H22FNO2S. The van der Waals surface area contributed by atoms with Crippen molar-refractivity contribution in [3.63, 3.8) is 0 Å². The van der Waals surface area contributed by atoms with E-state index in [4.69, 9.17) is 0 Å². The Hall–Kier alpha value is -3.46. The number of fused-ring (bicyclic) bond motifs is 2. The summed E-state index contributed by atoms with van der Waals surface area (Å²) in [4.78, 5) is 0.267. The van der Waals surface area contributed by atoms with Crippen LogP contribution in [0.25, 0.3) is 10.8 Å². The lowest BCUT2D eigenvalue weighted by atomic mass is 9.95. The highest BCUT2D eigenvalue weighted by molar-refractivity contribution is 7.89. The van der Waals surface area contributed by atoms with Gasteiger partial charge in [0.25, 0.3) is 0 Å². The molecule has 0 aromatic heterocycles. The summed E-state index contributed by atoms with van der Waals surface area (Å²) in [5.41, 5.74) is 5.42. The highest BCUT2D eigenvalue weighted by atomic mass is 32.2. The summed E-state index contributed by atoms with van der Waals surface area (Å²) in [6, 6.07) is 21.3. The van der Waals surface area contributed by atoms with Crippen LogP contribution in [0.5, 0.6) is 0 Å². The minimum Gasteiger partial charge on any atom is -0.207 e. The molecule has 0 aliphatic carbocycles.